The molecule has 3 atom stereocenters. The van der Waals surface area contributed by atoms with E-state index in [9.17, 15) is 12.8 Å². The van der Waals surface area contributed by atoms with E-state index in [-0.39, 0.29) is 23.4 Å². The largest absolute Gasteiger partial charge is 0.326 e. The average Bonchev–Trinajstić information content (AvgIpc) is 2.41. The van der Waals surface area contributed by atoms with Crippen LogP contribution >= 0.6 is 0 Å². The Labute approximate surface area is 126 Å². The predicted molar refractivity (Wildman–Crippen MR) is 80.6 cm³/mol. The molecule has 1 aliphatic rings. The lowest BCUT2D eigenvalue weighted by atomic mass is 9.80. The molecule has 2 rings (SSSR count). The van der Waals surface area contributed by atoms with Crippen LogP contribution in [0.1, 0.15) is 38.7 Å². The molecule has 0 heterocycles. The Kier molecular flexibility index (Phi) is 5.01. The number of nitrogens with two attached hydrogens (primary N) is 1. The Balaban J connectivity index is 2.19. The normalized spacial score (nSPS) is 26.8. The summed E-state index contributed by atoms with van der Waals surface area (Å²) < 4.78 is 41.4. The van der Waals surface area contributed by atoms with Crippen LogP contribution in [0.2, 0.25) is 0 Å². The molecule has 0 bridgehead atoms. The van der Waals surface area contributed by atoms with Gasteiger partial charge in [-0.1, -0.05) is 19.9 Å². The molecule has 0 radical (unpaired) electrons. The van der Waals surface area contributed by atoms with Gasteiger partial charge in [0.15, 0.2) is 0 Å². The summed E-state index contributed by atoms with van der Waals surface area (Å²) in [4.78, 5) is -0.300. The van der Waals surface area contributed by atoms with E-state index in [0.29, 0.717) is 11.5 Å². The molecule has 0 aliphatic heterocycles. The van der Waals surface area contributed by atoms with Gasteiger partial charge in [0.05, 0.1) is 0 Å². The minimum atomic E-state index is -3.83. The van der Waals surface area contributed by atoms with E-state index >= 15 is 0 Å². The predicted octanol–water partition coefficient (Wildman–Crippen LogP) is 2.39. The number of nitrogens with one attached hydrogen (secondary N) is 1. The van der Waals surface area contributed by atoms with Crippen molar-refractivity contribution < 1.29 is 12.8 Å². The van der Waals surface area contributed by atoms with Crippen molar-refractivity contribution in [2.24, 2.45) is 17.6 Å². The highest BCUT2D eigenvalue weighted by Gasteiger charge is 2.30. The van der Waals surface area contributed by atoms with Crippen LogP contribution in [0, 0.1) is 17.7 Å². The smallest absolute Gasteiger partial charge is 0.243 e. The molecule has 0 saturated heterocycles. The number of benzene rings is 1. The molecule has 1 saturated carbocycles. The van der Waals surface area contributed by atoms with Crippen LogP contribution in [0.3, 0.4) is 0 Å². The first kappa shape index (κ1) is 16.4. The molecule has 4 nitrogen and oxygen atoms in total. The fraction of sp³-hybridized carbons (Fsp3) is 0.600. The molecule has 1 aliphatic carbocycles. The zero-order valence-electron chi connectivity index (χ0n) is 12.5. The Morgan fingerprint density at radius 2 is 2.05 bits per heavy atom. The molecule has 1 aromatic rings. The molecule has 6 heteroatoms. The molecule has 0 spiro atoms. The van der Waals surface area contributed by atoms with Gasteiger partial charge in [0, 0.05) is 12.6 Å². The summed E-state index contributed by atoms with van der Waals surface area (Å²) in [6.45, 7) is 4.39. The van der Waals surface area contributed by atoms with Crippen LogP contribution in [0.4, 0.5) is 4.39 Å². The van der Waals surface area contributed by atoms with Crippen molar-refractivity contribution in [1.29, 1.82) is 0 Å². The lowest BCUT2D eigenvalue weighted by molar-refractivity contribution is 0.249. The zero-order chi connectivity index (χ0) is 15.6. The topological polar surface area (TPSA) is 72.2 Å². The highest BCUT2D eigenvalue weighted by Crippen LogP contribution is 2.30. The van der Waals surface area contributed by atoms with Crippen molar-refractivity contribution in [1.82, 2.24) is 4.72 Å². The lowest BCUT2D eigenvalue weighted by Crippen LogP contribution is -2.42. The van der Waals surface area contributed by atoms with E-state index in [1.165, 1.54) is 12.1 Å². The molecule has 0 amide bonds. The zero-order valence-corrected chi connectivity index (χ0v) is 13.3. The van der Waals surface area contributed by atoms with Crippen LogP contribution < -0.4 is 10.5 Å². The average molecular weight is 314 g/mol. The monoisotopic (exact) mass is 314 g/mol. The van der Waals surface area contributed by atoms with Gasteiger partial charge in [-0.05, 0) is 48.8 Å². The van der Waals surface area contributed by atoms with E-state index in [0.717, 1.165) is 19.3 Å². The summed E-state index contributed by atoms with van der Waals surface area (Å²) >= 11 is 0. The van der Waals surface area contributed by atoms with Crippen molar-refractivity contribution in [2.75, 3.05) is 0 Å². The number of hydrogen-bond donors (Lipinski definition) is 2. The van der Waals surface area contributed by atoms with Crippen molar-refractivity contribution >= 4 is 10.0 Å². The third-order valence-electron chi connectivity index (χ3n) is 4.26. The van der Waals surface area contributed by atoms with Crippen LogP contribution in [0.15, 0.2) is 23.1 Å². The Hall–Kier alpha value is -0.980. The molecule has 21 heavy (non-hydrogen) atoms. The second-order valence-corrected chi connectivity index (χ2v) is 7.77. The van der Waals surface area contributed by atoms with Gasteiger partial charge in [0.2, 0.25) is 10.0 Å². The van der Waals surface area contributed by atoms with Gasteiger partial charge in [0.25, 0.3) is 0 Å². The Bertz CT molecular complexity index is 604. The first-order chi connectivity index (χ1) is 9.83. The highest BCUT2D eigenvalue weighted by molar-refractivity contribution is 7.89. The molecule has 3 N–H and O–H groups in total. The van der Waals surface area contributed by atoms with E-state index in [2.05, 4.69) is 11.6 Å². The maximum absolute atomic E-state index is 14.0. The van der Waals surface area contributed by atoms with Gasteiger partial charge in [-0.25, -0.2) is 17.5 Å². The van der Waals surface area contributed by atoms with Crippen LogP contribution in [0.5, 0.6) is 0 Å². The van der Waals surface area contributed by atoms with Gasteiger partial charge < -0.3 is 5.73 Å². The van der Waals surface area contributed by atoms with Gasteiger partial charge >= 0.3 is 0 Å². The molecule has 1 fully saturated rings. The maximum Gasteiger partial charge on any atom is 0.243 e. The standard InChI is InChI=1S/C15H23FN2O2S/c1-10-3-5-14(11(2)7-10)18-21(19,20)15-6-4-12(9-17)8-13(15)16/h4,6,8,10-11,14,18H,3,5,7,9,17H2,1-2H3. The molecule has 118 valence electrons. The van der Waals surface area contributed by atoms with Crippen LogP contribution in [-0.2, 0) is 16.6 Å². The number of sulfonamides is 1. The molecular formula is C15H23FN2O2S. The van der Waals surface area contributed by atoms with E-state index in [4.69, 9.17) is 5.73 Å². The summed E-state index contributed by atoms with van der Waals surface area (Å²) in [5.74, 6) is 0.124. The SMILES string of the molecule is CC1CCC(NS(=O)(=O)c2ccc(CN)cc2F)C(C)C1. The van der Waals surface area contributed by atoms with Crippen molar-refractivity contribution in [3.05, 3.63) is 29.6 Å². The lowest BCUT2D eigenvalue weighted by Gasteiger charge is -2.32. The van der Waals surface area contributed by atoms with Crippen LogP contribution in [0.25, 0.3) is 0 Å². The van der Waals surface area contributed by atoms with E-state index in [1.807, 2.05) is 6.92 Å². The van der Waals surface area contributed by atoms with Gasteiger partial charge in [-0.15, -0.1) is 0 Å². The Morgan fingerprint density at radius 3 is 2.62 bits per heavy atom. The Morgan fingerprint density at radius 1 is 1.33 bits per heavy atom. The minimum Gasteiger partial charge on any atom is -0.326 e. The molecule has 0 aromatic heterocycles. The second kappa shape index (κ2) is 6.42. The summed E-state index contributed by atoms with van der Waals surface area (Å²) in [7, 11) is -3.83. The third-order valence-corrected chi connectivity index (χ3v) is 5.78. The number of rotatable bonds is 4. The highest BCUT2D eigenvalue weighted by atomic mass is 32.2. The maximum atomic E-state index is 14.0. The van der Waals surface area contributed by atoms with Crippen molar-refractivity contribution in [3.8, 4) is 0 Å². The van der Waals surface area contributed by atoms with Crippen LogP contribution in [-0.4, -0.2) is 14.5 Å². The van der Waals surface area contributed by atoms with Gasteiger partial charge in [-0.3, -0.25) is 0 Å². The molecule has 3 unspecified atom stereocenters. The van der Waals surface area contributed by atoms with Gasteiger partial charge in [-0.2, -0.15) is 0 Å². The minimum absolute atomic E-state index is 0.125. The molecule has 1 aromatic carbocycles. The first-order valence-electron chi connectivity index (χ1n) is 7.34. The summed E-state index contributed by atoms with van der Waals surface area (Å²) in [6, 6.07) is 3.89. The van der Waals surface area contributed by atoms with E-state index in [1.54, 1.807) is 6.07 Å². The van der Waals surface area contributed by atoms with Crippen molar-refractivity contribution in [2.45, 2.75) is 50.6 Å². The van der Waals surface area contributed by atoms with Gasteiger partial charge in [0.1, 0.15) is 10.7 Å². The van der Waals surface area contributed by atoms with E-state index < -0.39 is 15.8 Å². The quantitative estimate of drug-likeness (QED) is 0.896. The fourth-order valence-electron chi connectivity index (χ4n) is 2.99. The second-order valence-electron chi connectivity index (χ2n) is 6.09. The molecular weight excluding hydrogens is 291 g/mol. The number of hydrogen-bond acceptors (Lipinski definition) is 3. The fourth-order valence-corrected chi connectivity index (χ4v) is 4.43. The summed E-state index contributed by atoms with van der Waals surface area (Å²) in [5.41, 5.74) is 6.00. The van der Waals surface area contributed by atoms with Crippen molar-refractivity contribution in [3.63, 3.8) is 0 Å². The first-order valence-corrected chi connectivity index (χ1v) is 8.82. The third kappa shape index (κ3) is 3.81. The number of halogens is 1. The summed E-state index contributed by atoms with van der Waals surface area (Å²) in [5, 5.41) is 0. The summed E-state index contributed by atoms with van der Waals surface area (Å²) in [6.07, 6.45) is 2.78.